The number of amides is 1. The van der Waals surface area contributed by atoms with Crippen LogP contribution in [-0.2, 0) is 4.74 Å². The number of benzene rings is 2. The smallest absolute Gasteiger partial charge is 0.410 e. The third-order valence-corrected chi connectivity index (χ3v) is 7.31. The molecule has 1 saturated heterocycles. The van der Waals surface area contributed by atoms with E-state index in [1.807, 2.05) is 52.0 Å². The minimum atomic E-state index is -2.84. The zero-order valence-corrected chi connectivity index (χ0v) is 25.8. The van der Waals surface area contributed by atoms with Gasteiger partial charge >= 0.3 is 6.09 Å². The number of pyridine rings is 1. The molecule has 4 aromatic rings. The third-order valence-electron chi connectivity index (χ3n) is 7.31. The van der Waals surface area contributed by atoms with E-state index < -0.39 is 18.1 Å². The average Bonchev–Trinajstić information content (AvgIpc) is 3.00. The van der Waals surface area contributed by atoms with Gasteiger partial charge in [-0.2, -0.15) is 0 Å². The lowest BCUT2D eigenvalue weighted by molar-refractivity contribution is 0.00386. The molecule has 2 aromatic heterocycles. The molecule has 10 nitrogen and oxygen atoms in total. The highest BCUT2D eigenvalue weighted by molar-refractivity contribution is 5.98. The fourth-order valence-corrected chi connectivity index (χ4v) is 5.14. The molecule has 0 radical (unpaired) electrons. The van der Waals surface area contributed by atoms with E-state index >= 15 is 0 Å². The molecule has 0 unspecified atom stereocenters. The van der Waals surface area contributed by atoms with Gasteiger partial charge in [-0.15, -0.1) is 0 Å². The molecule has 3 heterocycles. The number of fused-ring (bicyclic) bond motifs is 1. The monoisotopic (exact) mass is 620 g/mol. The number of hydrogen-bond acceptors (Lipinski definition) is 9. The second kappa shape index (κ2) is 13.6. The summed E-state index contributed by atoms with van der Waals surface area (Å²) in [4.78, 5) is 28.0. The summed E-state index contributed by atoms with van der Waals surface area (Å²) in [6.07, 6.45) is 0.00224. The topological polar surface area (TPSA) is 122 Å². The molecule has 1 aliphatic rings. The first kappa shape index (κ1) is 31.8. The maximum Gasteiger partial charge on any atom is 0.410 e. The van der Waals surface area contributed by atoms with E-state index in [0.717, 1.165) is 29.2 Å². The van der Waals surface area contributed by atoms with E-state index in [0.29, 0.717) is 47.6 Å². The van der Waals surface area contributed by atoms with Gasteiger partial charge < -0.3 is 30.1 Å². The molecular formula is C33H38F2N6O4. The maximum atomic E-state index is 12.9. The molecule has 0 aliphatic carbocycles. The van der Waals surface area contributed by atoms with Crippen molar-refractivity contribution >= 4 is 28.5 Å². The van der Waals surface area contributed by atoms with E-state index in [1.54, 1.807) is 41.6 Å². The van der Waals surface area contributed by atoms with Gasteiger partial charge in [0, 0.05) is 54.5 Å². The number of aryl methyl sites for hydroxylation is 1. The Bertz CT molecular complexity index is 1650. The summed E-state index contributed by atoms with van der Waals surface area (Å²) in [6.45, 7) is 8.27. The van der Waals surface area contributed by atoms with Crippen LogP contribution >= 0.6 is 0 Å². The van der Waals surface area contributed by atoms with Crippen LogP contribution in [0.2, 0.25) is 0 Å². The predicted molar refractivity (Wildman–Crippen MR) is 169 cm³/mol. The minimum Gasteiger partial charge on any atom is -0.444 e. The van der Waals surface area contributed by atoms with Crippen LogP contribution in [0.5, 0.6) is 11.6 Å². The molecule has 1 fully saturated rings. The Morgan fingerprint density at radius 1 is 1.09 bits per heavy atom. The van der Waals surface area contributed by atoms with Crippen molar-refractivity contribution in [3.8, 4) is 22.9 Å². The van der Waals surface area contributed by atoms with Crippen LogP contribution in [0.4, 0.5) is 25.2 Å². The fourth-order valence-electron chi connectivity index (χ4n) is 5.14. The maximum absolute atomic E-state index is 12.9. The quantitative estimate of drug-likeness (QED) is 0.189. The number of halogens is 2. The number of carbonyl (C=O) groups is 1. The number of hydrogen-bond donors (Lipinski definition) is 3. The Morgan fingerprint density at radius 3 is 2.69 bits per heavy atom. The second-order valence-electron chi connectivity index (χ2n) is 12.0. The molecule has 0 spiro atoms. The van der Waals surface area contributed by atoms with Gasteiger partial charge in [-0.1, -0.05) is 24.3 Å². The Morgan fingerprint density at radius 2 is 1.91 bits per heavy atom. The lowest BCUT2D eigenvalue weighted by atomic mass is 10.0. The number of anilines is 2. The average molecular weight is 621 g/mol. The Balaban J connectivity index is 1.37. The first-order valence-electron chi connectivity index (χ1n) is 14.9. The summed E-state index contributed by atoms with van der Waals surface area (Å²) in [6, 6.07) is 14.6. The van der Waals surface area contributed by atoms with Gasteiger partial charge in [-0.05, 0) is 70.4 Å². The molecular weight excluding hydrogens is 582 g/mol. The number of aromatic nitrogens is 3. The molecule has 0 saturated carbocycles. The van der Waals surface area contributed by atoms with Crippen LogP contribution in [0.15, 0.2) is 60.9 Å². The Hall–Kier alpha value is -4.58. The molecule has 12 heteroatoms. The molecule has 238 valence electrons. The van der Waals surface area contributed by atoms with Gasteiger partial charge in [-0.3, -0.25) is 0 Å². The molecule has 45 heavy (non-hydrogen) atoms. The van der Waals surface area contributed by atoms with Crippen LogP contribution < -0.4 is 15.4 Å². The standard InChI is InChI=1S/C33H38F2N6O4/c1-20-12-13-22-23(9-5-11-25(22)38-18-27(42)29(34)35)28(20)44-30-24(10-6-15-36-30)26-14-16-37-31(40-26)39-21-8-7-17-41(19-21)32(43)45-33(2,3)4/h5-6,9-16,21,27,29,38,42H,7-8,17-19H2,1-4H3,(H,37,39,40)/t21-,27+/m0/s1. The van der Waals surface area contributed by atoms with Crippen molar-refractivity contribution in [2.45, 2.75) is 64.7 Å². The number of aliphatic hydroxyl groups excluding tert-OH is 1. The molecule has 5 rings (SSSR count). The number of nitrogens with zero attached hydrogens (tertiary/aromatic N) is 4. The van der Waals surface area contributed by atoms with E-state index in [4.69, 9.17) is 14.5 Å². The van der Waals surface area contributed by atoms with Crippen LogP contribution in [-0.4, -0.2) is 74.9 Å². The SMILES string of the molecule is Cc1ccc2c(NC[C@@H](O)C(F)F)cccc2c1Oc1ncccc1-c1ccnc(N[C@H]2CCCN(C(=O)OC(C)(C)C)C2)n1. The molecule has 3 N–H and O–H groups in total. The Labute approximate surface area is 260 Å². The van der Waals surface area contributed by atoms with E-state index in [-0.39, 0.29) is 18.7 Å². The zero-order chi connectivity index (χ0) is 32.1. The number of nitrogens with one attached hydrogen (secondary N) is 2. The summed E-state index contributed by atoms with van der Waals surface area (Å²) in [7, 11) is 0. The van der Waals surface area contributed by atoms with E-state index in [2.05, 4.69) is 20.6 Å². The van der Waals surface area contributed by atoms with Gasteiger partial charge in [0.05, 0.1) is 11.3 Å². The highest BCUT2D eigenvalue weighted by atomic mass is 19.3. The van der Waals surface area contributed by atoms with Gasteiger partial charge in [0.2, 0.25) is 11.8 Å². The van der Waals surface area contributed by atoms with Gasteiger partial charge in [0.15, 0.2) is 0 Å². The molecule has 0 bridgehead atoms. The number of alkyl halides is 2. The second-order valence-corrected chi connectivity index (χ2v) is 12.0. The lowest BCUT2D eigenvalue weighted by Crippen LogP contribution is -2.47. The third kappa shape index (κ3) is 7.93. The normalized spacial score (nSPS) is 16.0. The Kier molecular flexibility index (Phi) is 9.62. The largest absolute Gasteiger partial charge is 0.444 e. The summed E-state index contributed by atoms with van der Waals surface area (Å²) in [5.74, 6) is 1.31. The van der Waals surface area contributed by atoms with E-state index in [1.165, 1.54) is 0 Å². The first-order chi connectivity index (χ1) is 21.5. The van der Waals surface area contributed by atoms with Gasteiger partial charge in [-0.25, -0.2) is 28.5 Å². The number of aliphatic hydroxyl groups is 1. The van der Waals surface area contributed by atoms with Crippen LogP contribution in [0.3, 0.4) is 0 Å². The van der Waals surface area contributed by atoms with E-state index in [9.17, 15) is 18.7 Å². The summed E-state index contributed by atoms with van der Waals surface area (Å²) in [5, 5.41) is 17.4. The van der Waals surface area contributed by atoms with Crippen LogP contribution in [0.25, 0.3) is 22.0 Å². The first-order valence-corrected chi connectivity index (χ1v) is 14.9. The fraction of sp³-hybridized carbons (Fsp3) is 0.394. The zero-order valence-electron chi connectivity index (χ0n) is 25.8. The van der Waals surface area contributed by atoms with Crippen molar-refractivity contribution in [3.63, 3.8) is 0 Å². The number of likely N-dealkylation sites (tertiary alicyclic amines) is 1. The highest BCUT2D eigenvalue weighted by Crippen LogP contribution is 2.38. The van der Waals surface area contributed by atoms with Gasteiger partial charge in [0.25, 0.3) is 6.43 Å². The molecule has 1 aliphatic heterocycles. The van der Waals surface area contributed by atoms with Crippen molar-refractivity contribution in [1.82, 2.24) is 19.9 Å². The highest BCUT2D eigenvalue weighted by Gasteiger charge is 2.28. The number of ether oxygens (including phenoxy) is 2. The lowest BCUT2D eigenvalue weighted by Gasteiger charge is -2.34. The van der Waals surface area contributed by atoms with Crippen molar-refractivity contribution < 1.29 is 28.2 Å². The number of rotatable bonds is 9. The van der Waals surface area contributed by atoms with Crippen molar-refractivity contribution in [2.75, 3.05) is 30.3 Å². The summed E-state index contributed by atoms with van der Waals surface area (Å²) >= 11 is 0. The minimum absolute atomic E-state index is 0.0471. The van der Waals surface area contributed by atoms with Crippen molar-refractivity contribution in [2.24, 2.45) is 0 Å². The molecule has 2 aromatic carbocycles. The summed E-state index contributed by atoms with van der Waals surface area (Å²) < 4.78 is 37.7. The van der Waals surface area contributed by atoms with Crippen LogP contribution in [0.1, 0.15) is 39.2 Å². The van der Waals surface area contributed by atoms with Crippen molar-refractivity contribution in [3.05, 3.63) is 66.5 Å². The van der Waals surface area contributed by atoms with Crippen molar-refractivity contribution in [1.29, 1.82) is 0 Å². The van der Waals surface area contributed by atoms with Gasteiger partial charge in [0.1, 0.15) is 17.5 Å². The molecule has 2 atom stereocenters. The number of piperidine rings is 1. The number of carbonyl (C=O) groups excluding carboxylic acids is 1. The molecule has 1 amide bonds. The van der Waals surface area contributed by atoms with Crippen LogP contribution in [0, 0.1) is 6.92 Å². The predicted octanol–water partition coefficient (Wildman–Crippen LogP) is 6.64. The summed E-state index contributed by atoms with van der Waals surface area (Å²) in [5.41, 5.74) is 2.12.